The Hall–Kier alpha value is -3.45. The summed E-state index contributed by atoms with van der Waals surface area (Å²) < 4.78 is 5.03. The molecule has 0 radical (unpaired) electrons. The molecule has 0 unspecified atom stereocenters. The Labute approximate surface area is 280 Å². The van der Waals surface area contributed by atoms with Crippen molar-refractivity contribution in [3.63, 3.8) is 0 Å². The number of rotatable bonds is 18. The lowest BCUT2D eigenvalue weighted by atomic mass is 10.1. The zero-order chi connectivity index (χ0) is 30.8. The number of pyridine rings is 2. The Kier molecular flexibility index (Phi) is 12.5. The van der Waals surface area contributed by atoms with E-state index in [9.17, 15) is 0 Å². The van der Waals surface area contributed by atoms with E-state index in [0.717, 1.165) is 57.1 Å². The number of fused-ring (bicyclic) bond motifs is 6. The molecule has 7 heteroatoms. The van der Waals surface area contributed by atoms with Gasteiger partial charge in [0.15, 0.2) is 0 Å². The van der Waals surface area contributed by atoms with Crippen LogP contribution in [0.25, 0.3) is 43.6 Å². The second kappa shape index (κ2) is 16.9. The van der Waals surface area contributed by atoms with Gasteiger partial charge in [0.25, 0.3) is 0 Å². The summed E-state index contributed by atoms with van der Waals surface area (Å²) in [5.74, 6) is 0. The second-order valence-electron chi connectivity index (χ2n) is 12.5. The highest BCUT2D eigenvalue weighted by molar-refractivity contribution is 6.09. The van der Waals surface area contributed by atoms with Crippen LogP contribution in [0.15, 0.2) is 73.1 Å². The quantitative estimate of drug-likeness (QED) is 0.0921. The van der Waals surface area contributed by atoms with Crippen LogP contribution in [-0.2, 0) is 26.2 Å². The van der Waals surface area contributed by atoms with E-state index in [-0.39, 0.29) is 12.4 Å². The molecule has 6 rings (SSSR count). The molecule has 0 fully saturated rings. The van der Waals surface area contributed by atoms with Gasteiger partial charge < -0.3 is 19.8 Å². The van der Waals surface area contributed by atoms with Gasteiger partial charge in [-0.25, -0.2) is 0 Å². The van der Waals surface area contributed by atoms with E-state index in [0.29, 0.717) is 0 Å². The predicted octanol–water partition coefficient (Wildman–Crippen LogP) is 9.54. The van der Waals surface area contributed by atoms with Crippen molar-refractivity contribution in [1.82, 2.24) is 29.7 Å². The number of nitrogens with zero attached hydrogens (tertiary/aromatic N) is 4. The number of nitrogens with one attached hydrogen (secondary N) is 2. The van der Waals surface area contributed by atoms with Crippen molar-refractivity contribution in [2.75, 3.05) is 13.1 Å². The van der Waals surface area contributed by atoms with Gasteiger partial charge in [0.05, 0.1) is 22.4 Å². The topological polar surface area (TPSA) is 59.7 Å². The highest BCUT2D eigenvalue weighted by Gasteiger charge is 2.16. The van der Waals surface area contributed by atoms with E-state index in [1.807, 2.05) is 12.4 Å². The van der Waals surface area contributed by atoms with Crippen molar-refractivity contribution >= 4 is 56.0 Å². The number of aryl methyl sites for hydroxylation is 2. The molecule has 46 heavy (non-hydrogen) atoms. The van der Waals surface area contributed by atoms with Crippen LogP contribution in [0.5, 0.6) is 0 Å². The molecule has 2 N–H and O–H groups in total. The molecule has 0 amide bonds. The van der Waals surface area contributed by atoms with Gasteiger partial charge in [-0.05, 0) is 56.6 Å². The maximum Gasteiger partial charge on any atom is 0.0784 e. The molecule has 0 atom stereocenters. The minimum Gasteiger partial charge on any atom is -0.339 e. The van der Waals surface area contributed by atoms with Crippen LogP contribution >= 0.6 is 12.4 Å². The number of aromatic nitrogens is 4. The number of para-hydroxylation sites is 2. The number of unbranched alkanes of at least 4 members (excludes halogenated alkanes) is 6. The zero-order valence-electron chi connectivity index (χ0n) is 27.7. The average Bonchev–Trinajstić information content (AvgIpc) is 3.58. The first-order chi connectivity index (χ1) is 22.3. The van der Waals surface area contributed by atoms with Gasteiger partial charge in [-0.2, -0.15) is 0 Å². The van der Waals surface area contributed by atoms with Crippen molar-refractivity contribution in [1.29, 1.82) is 0 Å². The minimum atomic E-state index is 0. The Balaban J connectivity index is 0.00000417. The lowest BCUT2D eigenvalue weighted by Crippen LogP contribution is -2.22. The first kappa shape index (κ1) is 33.9. The van der Waals surface area contributed by atoms with Crippen LogP contribution < -0.4 is 10.6 Å². The van der Waals surface area contributed by atoms with E-state index in [4.69, 9.17) is 9.97 Å². The van der Waals surface area contributed by atoms with Gasteiger partial charge in [-0.15, -0.1) is 12.4 Å². The third-order valence-corrected chi connectivity index (χ3v) is 9.27. The van der Waals surface area contributed by atoms with Crippen molar-refractivity contribution in [3.8, 4) is 0 Å². The molecule has 244 valence electrons. The molecule has 6 aromatic rings. The summed E-state index contributed by atoms with van der Waals surface area (Å²) in [6.45, 7) is 10.1. The molecular formula is C39H51ClN6. The zero-order valence-corrected chi connectivity index (χ0v) is 28.5. The molecule has 0 spiro atoms. The first-order valence-corrected chi connectivity index (χ1v) is 17.4. The molecule has 0 aliphatic rings. The molecule has 0 saturated carbocycles. The Bertz CT molecular complexity index is 1700. The van der Waals surface area contributed by atoms with Gasteiger partial charge in [0.1, 0.15) is 0 Å². The molecule has 0 saturated heterocycles. The number of hydrogen-bond acceptors (Lipinski definition) is 4. The Morgan fingerprint density at radius 2 is 0.978 bits per heavy atom. The van der Waals surface area contributed by atoms with E-state index in [2.05, 4.69) is 94.3 Å². The molecule has 6 nitrogen and oxygen atoms in total. The molecule has 2 aromatic carbocycles. The van der Waals surface area contributed by atoms with Crippen molar-refractivity contribution in [2.45, 2.75) is 97.8 Å². The fourth-order valence-corrected chi connectivity index (χ4v) is 7.01. The van der Waals surface area contributed by atoms with Crippen molar-refractivity contribution < 1.29 is 0 Å². The van der Waals surface area contributed by atoms with E-state index in [1.165, 1.54) is 95.0 Å². The smallest absolute Gasteiger partial charge is 0.0784 e. The summed E-state index contributed by atoms with van der Waals surface area (Å²) >= 11 is 0. The van der Waals surface area contributed by atoms with E-state index in [1.54, 1.807) is 0 Å². The van der Waals surface area contributed by atoms with Crippen LogP contribution in [0.3, 0.4) is 0 Å². The van der Waals surface area contributed by atoms with E-state index < -0.39 is 0 Å². The lowest BCUT2D eigenvalue weighted by molar-refractivity contribution is 0.581. The maximum absolute atomic E-state index is 4.86. The van der Waals surface area contributed by atoms with Crippen LogP contribution in [0.1, 0.15) is 83.0 Å². The number of benzene rings is 2. The summed E-state index contributed by atoms with van der Waals surface area (Å²) in [7, 11) is 0. The van der Waals surface area contributed by atoms with Crippen LogP contribution in [0.4, 0.5) is 0 Å². The molecule has 0 aliphatic heterocycles. The fourth-order valence-electron chi connectivity index (χ4n) is 7.01. The van der Waals surface area contributed by atoms with Gasteiger partial charge in [0, 0.05) is 71.2 Å². The summed E-state index contributed by atoms with van der Waals surface area (Å²) in [4.78, 5) is 9.72. The van der Waals surface area contributed by atoms with Crippen LogP contribution in [0, 0.1) is 0 Å². The molecule has 4 heterocycles. The summed E-state index contributed by atoms with van der Waals surface area (Å²) in [6.07, 6.45) is 15.1. The van der Waals surface area contributed by atoms with Gasteiger partial charge in [-0.1, -0.05) is 88.8 Å². The highest BCUT2D eigenvalue weighted by atomic mass is 35.5. The standard InChI is InChI=1S/C39H50N6.ClH/c1-3-5-7-13-26-44-36-18-11-9-16-30(36)32-20-24-42-34(38(32)44)28-40-22-15-23-41-29-35-39-33(21-25-43-35)31-17-10-12-19-37(31)45(39)27-14-8-6-4-2;/h9-12,16-21,24-25,40-41H,3-8,13-15,22-23,26-29H2,1-2H3;1H. The van der Waals surface area contributed by atoms with Crippen LogP contribution in [0.2, 0.25) is 0 Å². The van der Waals surface area contributed by atoms with E-state index >= 15 is 0 Å². The third-order valence-electron chi connectivity index (χ3n) is 9.27. The largest absolute Gasteiger partial charge is 0.339 e. The predicted molar refractivity (Wildman–Crippen MR) is 198 cm³/mol. The monoisotopic (exact) mass is 638 g/mol. The molecule has 0 aliphatic carbocycles. The lowest BCUT2D eigenvalue weighted by Gasteiger charge is -2.12. The highest BCUT2D eigenvalue weighted by Crippen LogP contribution is 2.32. The minimum absolute atomic E-state index is 0. The summed E-state index contributed by atoms with van der Waals surface area (Å²) in [5, 5.41) is 12.7. The summed E-state index contributed by atoms with van der Waals surface area (Å²) in [6, 6.07) is 22.0. The average molecular weight is 639 g/mol. The molecular weight excluding hydrogens is 588 g/mol. The number of hydrogen-bond donors (Lipinski definition) is 2. The SMILES string of the molecule is CCCCCCn1c2ccccc2c2ccnc(CNCCCNCc3nccc4c5ccccc5n(CCCCCC)c34)c21.Cl. The normalized spacial score (nSPS) is 11.7. The maximum atomic E-state index is 4.86. The molecule has 0 bridgehead atoms. The molecule has 4 aromatic heterocycles. The fraction of sp³-hybridized carbons (Fsp3) is 0.436. The van der Waals surface area contributed by atoms with Gasteiger partial charge >= 0.3 is 0 Å². The Morgan fingerprint density at radius 3 is 1.43 bits per heavy atom. The van der Waals surface area contributed by atoms with Crippen LogP contribution in [-0.4, -0.2) is 32.2 Å². The van der Waals surface area contributed by atoms with Crippen molar-refractivity contribution in [2.24, 2.45) is 0 Å². The van der Waals surface area contributed by atoms with Gasteiger partial charge in [0.2, 0.25) is 0 Å². The van der Waals surface area contributed by atoms with Gasteiger partial charge in [-0.3, -0.25) is 9.97 Å². The van der Waals surface area contributed by atoms with Crippen molar-refractivity contribution in [3.05, 3.63) is 84.4 Å². The Morgan fingerprint density at radius 1 is 0.522 bits per heavy atom. The summed E-state index contributed by atoms with van der Waals surface area (Å²) in [5.41, 5.74) is 7.54. The first-order valence-electron chi connectivity index (χ1n) is 17.4. The third kappa shape index (κ3) is 7.41. The number of halogens is 1. The second-order valence-corrected chi connectivity index (χ2v) is 12.5.